The molecule has 0 saturated carbocycles. The highest BCUT2D eigenvalue weighted by atomic mass is 32.2. The van der Waals surface area contributed by atoms with Crippen molar-refractivity contribution in [3.63, 3.8) is 0 Å². The van der Waals surface area contributed by atoms with Gasteiger partial charge < -0.3 is 9.47 Å². The summed E-state index contributed by atoms with van der Waals surface area (Å²) < 4.78 is 12.1. The topological polar surface area (TPSA) is 73.3 Å². The molecule has 0 fully saturated rings. The van der Waals surface area contributed by atoms with E-state index >= 15 is 0 Å². The Hall–Kier alpha value is -1.80. The number of nitrogens with zero attached hydrogens (tertiary/aromatic N) is 2. The fraction of sp³-hybridized carbons (Fsp3) is 0.400. The molecule has 1 aromatic carbocycles. The number of thioether (sulfide) groups is 1. The van der Waals surface area contributed by atoms with Crippen molar-refractivity contribution < 1.29 is 14.3 Å². The third-order valence-electron chi connectivity index (χ3n) is 2.98. The summed E-state index contributed by atoms with van der Waals surface area (Å²) >= 11 is 3.01. The number of carbonyl (C=O) groups excluding carboxylic acids is 1. The maximum absolute atomic E-state index is 12.3. The smallest absolute Gasteiger partial charge is 0.270 e. The van der Waals surface area contributed by atoms with Gasteiger partial charge in [0.25, 0.3) is 5.91 Å². The van der Waals surface area contributed by atoms with Crippen LogP contribution in [0.25, 0.3) is 0 Å². The van der Waals surface area contributed by atoms with Crippen molar-refractivity contribution in [3.05, 3.63) is 24.3 Å². The summed E-state index contributed by atoms with van der Waals surface area (Å²) in [7, 11) is 0. The second-order valence-electron chi connectivity index (χ2n) is 5.43. The predicted molar refractivity (Wildman–Crippen MR) is 90.5 cm³/mol. The van der Waals surface area contributed by atoms with Gasteiger partial charge in [-0.3, -0.25) is 10.1 Å². The van der Waals surface area contributed by atoms with Crippen LogP contribution in [0.2, 0.25) is 0 Å². The van der Waals surface area contributed by atoms with Crippen LogP contribution in [0.5, 0.6) is 11.5 Å². The summed E-state index contributed by atoms with van der Waals surface area (Å²) in [5.41, 5.74) is 0. The zero-order chi connectivity index (χ0) is 16.2. The Balaban J connectivity index is 1.58. The van der Waals surface area contributed by atoms with Crippen LogP contribution < -0.4 is 14.8 Å². The largest absolute Gasteiger partial charge is 0.485 e. The average molecular weight is 351 g/mol. The average Bonchev–Trinajstić information content (AvgIpc) is 3.00. The molecule has 0 aliphatic carbocycles. The van der Waals surface area contributed by atoms with E-state index < -0.39 is 6.10 Å². The normalized spacial score (nSPS) is 16.4. The number of anilines is 1. The fourth-order valence-corrected chi connectivity index (χ4v) is 3.62. The molecule has 0 unspecified atom stereocenters. The lowest BCUT2D eigenvalue weighted by molar-refractivity contribution is -0.125. The molecular weight excluding hydrogens is 334 g/mol. The standard InChI is InChI=1S/C15H17N3O3S2/c1-9(2)8-22-15-18-17-14(23-15)16-13(19)12-7-20-10-5-3-4-6-11(10)21-12/h3-6,9,12H,7-8H2,1-2H3,(H,16,17,19)/t12-/m0/s1. The van der Waals surface area contributed by atoms with Crippen LogP contribution in [0.15, 0.2) is 28.6 Å². The summed E-state index contributed by atoms with van der Waals surface area (Å²) in [5, 5.41) is 11.3. The molecule has 0 radical (unpaired) electrons. The van der Waals surface area contributed by atoms with E-state index in [0.717, 1.165) is 10.1 Å². The predicted octanol–water partition coefficient (Wildman–Crippen LogP) is 3.06. The highest BCUT2D eigenvalue weighted by molar-refractivity contribution is 8.01. The van der Waals surface area contributed by atoms with E-state index in [-0.39, 0.29) is 12.5 Å². The number of aromatic nitrogens is 2. The van der Waals surface area contributed by atoms with Gasteiger partial charge in [-0.2, -0.15) is 0 Å². The lowest BCUT2D eigenvalue weighted by Gasteiger charge is -2.25. The van der Waals surface area contributed by atoms with Gasteiger partial charge in [-0.15, -0.1) is 10.2 Å². The molecule has 1 aromatic heterocycles. The molecule has 1 amide bonds. The molecule has 122 valence electrons. The molecule has 23 heavy (non-hydrogen) atoms. The molecule has 3 rings (SSSR count). The first-order valence-electron chi connectivity index (χ1n) is 7.27. The summed E-state index contributed by atoms with van der Waals surface area (Å²) in [5.74, 6) is 2.49. The quantitative estimate of drug-likeness (QED) is 0.659. The first-order valence-corrected chi connectivity index (χ1v) is 9.07. The highest BCUT2D eigenvalue weighted by Gasteiger charge is 2.28. The molecular formula is C15H17N3O3S2. The number of amides is 1. The van der Waals surface area contributed by atoms with Crippen molar-refractivity contribution in [3.8, 4) is 11.5 Å². The van der Waals surface area contributed by atoms with Crippen LogP contribution in [-0.2, 0) is 4.79 Å². The molecule has 0 saturated heterocycles. The third-order valence-corrected chi connectivity index (χ3v) is 5.38. The summed E-state index contributed by atoms with van der Waals surface area (Å²) in [6.07, 6.45) is -0.694. The van der Waals surface area contributed by atoms with Gasteiger partial charge in [0.05, 0.1) is 0 Å². The van der Waals surface area contributed by atoms with E-state index in [4.69, 9.17) is 9.47 Å². The first kappa shape index (κ1) is 16.1. The van der Waals surface area contributed by atoms with Gasteiger partial charge in [0.15, 0.2) is 15.8 Å². The molecule has 0 spiro atoms. The fourth-order valence-electron chi connectivity index (χ4n) is 1.89. The zero-order valence-corrected chi connectivity index (χ0v) is 14.4. The van der Waals surface area contributed by atoms with Gasteiger partial charge in [-0.05, 0) is 18.1 Å². The monoisotopic (exact) mass is 351 g/mol. The molecule has 2 heterocycles. The number of nitrogens with one attached hydrogen (secondary N) is 1. The Labute approximate surface area is 142 Å². The van der Waals surface area contributed by atoms with E-state index in [1.165, 1.54) is 11.3 Å². The number of hydrogen-bond donors (Lipinski definition) is 1. The van der Waals surface area contributed by atoms with E-state index in [1.807, 2.05) is 18.2 Å². The van der Waals surface area contributed by atoms with Crippen LogP contribution in [0, 0.1) is 5.92 Å². The van der Waals surface area contributed by atoms with E-state index in [1.54, 1.807) is 17.8 Å². The van der Waals surface area contributed by atoms with Crippen LogP contribution in [0.4, 0.5) is 5.13 Å². The Morgan fingerprint density at radius 3 is 2.96 bits per heavy atom. The molecule has 1 atom stereocenters. The Morgan fingerprint density at radius 2 is 2.17 bits per heavy atom. The lowest BCUT2D eigenvalue weighted by atomic mass is 10.2. The van der Waals surface area contributed by atoms with Crippen molar-refractivity contribution in [1.29, 1.82) is 0 Å². The van der Waals surface area contributed by atoms with Crippen LogP contribution in [0.1, 0.15) is 13.8 Å². The zero-order valence-electron chi connectivity index (χ0n) is 12.8. The molecule has 1 aliphatic heterocycles. The summed E-state index contributed by atoms with van der Waals surface area (Å²) in [4.78, 5) is 12.3. The number of ether oxygens (including phenoxy) is 2. The number of hydrogen-bond acceptors (Lipinski definition) is 7. The lowest BCUT2D eigenvalue weighted by Crippen LogP contribution is -2.40. The molecule has 2 aromatic rings. The van der Waals surface area contributed by atoms with E-state index in [0.29, 0.717) is 22.5 Å². The second-order valence-corrected chi connectivity index (χ2v) is 7.68. The third kappa shape index (κ3) is 4.14. The number of rotatable bonds is 5. The van der Waals surface area contributed by atoms with E-state index in [2.05, 4.69) is 29.4 Å². The molecule has 0 bridgehead atoms. The first-order chi connectivity index (χ1) is 11.1. The maximum atomic E-state index is 12.3. The minimum atomic E-state index is -0.694. The highest BCUT2D eigenvalue weighted by Crippen LogP contribution is 2.31. The van der Waals surface area contributed by atoms with Crippen LogP contribution >= 0.6 is 23.1 Å². The summed E-state index contributed by atoms with van der Waals surface area (Å²) in [6.45, 7) is 4.47. The molecule has 6 nitrogen and oxygen atoms in total. The van der Waals surface area contributed by atoms with Crippen LogP contribution in [0.3, 0.4) is 0 Å². The van der Waals surface area contributed by atoms with Gasteiger partial charge in [0.1, 0.15) is 6.61 Å². The number of benzene rings is 1. The maximum Gasteiger partial charge on any atom is 0.270 e. The van der Waals surface area contributed by atoms with Gasteiger partial charge >= 0.3 is 0 Å². The van der Waals surface area contributed by atoms with Crippen LogP contribution in [-0.4, -0.2) is 34.6 Å². The van der Waals surface area contributed by atoms with Gasteiger partial charge in [-0.1, -0.05) is 49.1 Å². The minimum absolute atomic E-state index is 0.177. The number of para-hydroxylation sites is 2. The van der Waals surface area contributed by atoms with Gasteiger partial charge in [0, 0.05) is 5.75 Å². The van der Waals surface area contributed by atoms with Crippen molar-refractivity contribution in [1.82, 2.24) is 10.2 Å². The van der Waals surface area contributed by atoms with Gasteiger partial charge in [0.2, 0.25) is 11.2 Å². The second kappa shape index (κ2) is 7.18. The Morgan fingerprint density at radius 1 is 1.39 bits per heavy atom. The molecule has 1 N–H and O–H groups in total. The van der Waals surface area contributed by atoms with Crippen molar-refractivity contribution in [2.24, 2.45) is 5.92 Å². The van der Waals surface area contributed by atoms with Crippen molar-refractivity contribution in [2.45, 2.75) is 24.3 Å². The Kier molecular flexibility index (Phi) is 5.02. The Bertz CT molecular complexity index is 690. The van der Waals surface area contributed by atoms with Crippen molar-refractivity contribution >= 4 is 34.1 Å². The van der Waals surface area contributed by atoms with Gasteiger partial charge in [-0.25, -0.2) is 0 Å². The number of carbonyl (C=O) groups is 1. The van der Waals surface area contributed by atoms with Crippen molar-refractivity contribution in [2.75, 3.05) is 17.7 Å². The number of fused-ring (bicyclic) bond motifs is 1. The summed E-state index contributed by atoms with van der Waals surface area (Å²) in [6, 6.07) is 7.29. The SMILES string of the molecule is CC(C)CSc1nnc(NC(=O)[C@@H]2COc3ccccc3O2)s1. The molecule has 1 aliphatic rings. The minimum Gasteiger partial charge on any atom is -0.485 e. The molecule has 8 heteroatoms. The van der Waals surface area contributed by atoms with E-state index in [9.17, 15) is 4.79 Å².